The normalized spacial score (nSPS) is 18.6. The Labute approximate surface area is 164 Å². The minimum Gasteiger partial charge on any atom is -0.292 e. The third kappa shape index (κ3) is 2.39. The molecule has 3 aromatic carbocycles. The van der Waals surface area contributed by atoms with Crippen molar-refractivity contribution in [3.63, 3.8) is 0 Å². The molecular formula is C22H13NO2S2. The molecular weight excluding hydrogens is 374 g/mol. The summed E-state index contributed by atoms with van der Waals surface area (Å²) in [7, 11) is 0. The summed E-state index contributed by atoms with van der Waals surface area (Å²) in [5, 5.41) is 0.545. The van der Waals surface area contributed by atoms with Gasteiger partial charge in [0.25, 0.3) is 0 Å². The molecule has 1 aliphatic rings. The number of aromatic nitrogens is 1. The number of thioether (sulfide) groups is 1. The zero-order valence-electron chi connectivity index (χ0n) is 14.1. The van der Waals surface area contributed by atoms with Gasteiger partial charge in [-0.25, -0.2) is 4.98 Å². The molecule has 0 fully saturated rings. The lowest BCUT2D eigenvalue weighted by atomic mass is 9.90. The van der Waals surface area contributed by atoms with E-state index >= 15 is 0 Å². The van der Waals surface area contributed by atoms with Crippen molar-refractivity contribution < 1.29 is 9.59 Å². The number of carbonyl (C=O) groups is 2. The SMILES string of the molecule is O=C(c1ccccc1)[C@]1(c2nc3ccccc3s2)Sc2ccccc2C1=O. The van der Waals surface area contributed by atoms with E-state index in [1.165, 1.54) is 23.1 Å². The fraction of sp³-hybridized carbons (Fsp3) is 0.0455. The maximum Gasteiger partial charge on any atom is 0.198 e. The van der Waals surface area contributed by atoms with Crippen molar-refractivity contribution >= 4 is 44.9 Å². The fourth-order valence-electron chi connectivity index (χ4n) is 3.35. The molecule has 5 heteroatoms. The second-order valence-electron chi connectivity index (χ2n) is 6.29. The lowest BCUT2D eigenvalue weighted by molar-refractivity contribution is 0.0840. The number of hydrogen-bond acceptors (Lipinski definition) is 5. The minimum absolute atomic E-state index is 0.184. The van der Waals surface area contributed by atoms with Crippen LogP contribution in [0.1, 0.15) is 25.7 Å². The van der Waals surface area contributed by atoms with E-state index in [0.717, 1.165) is 15.1 Å². The van der Waals surface area contributed by atoms with E-state index in [-0.39, 0.29) is 11.6 Å². The zero-order chi connectivity index (χ0) is 18.4. The van der Waals surface area contributed by atoms with Crippen LogP contribution in [-0.2, 0) is 4.75 Å². The fourth-order valence-corrected chi connectivity index (χ4v) is 5.94. The van der Waals surface area contributed by atoms with Crippen LogP contribution in [0.3, 0.4) is 0 Å². The second kappa shape index (κ2) is 6.15. The Morgan fingerprint density at radius 2 is 1.56 bits per heavy atom. The molecule has 0 bridgehead atoms. The molecule has 4 aromatic rings. The molecule has 0 saturated heterocycles. The van der Waals surface area contributed by atoms with Crippen LogP contribution in [0.2, 0.25) is 0 Å². The molecule has 0 saturated carbocycles. The van der Waals surface area contributed by atoms with Gasteiger partial charge in [-0.2, -0.15) is 0 Å². The number of fused-ring (bicyclic) bond motifs is 2. The highest BCUT2D eigenvalue weighted by molar-refractivity contribution is 8.02. The number of rotatable bonds is 3. The van der Waals surface area contributed by atoms with Gasteiger partial charge in [0.05, 0.1) is 10.2 Å². The predicted octanol–water partition coefficient (Wildman–Crippen LogP) is 5.36. The highest BCUT2D eigenvalue weighted by Crippen LogP contribution is 2.54. The molecule has 1 aromatic heterocycles. The number of carbonyl (C=O) groups excluding carboxylic acids is 2. The van der Waals surface area contributed by atoms with Crippen LogP contribution in [0.25, 0.3) is 10.2 Å². The summed E-state index contributed by atoms with van der Waals surface area (Å²) < 4.78 is -0.397. The van der Waals surface area contributed by atoms with E-state index in [2.05, 4.69) is 0 Å². The van der Waals surface area contributed by atoms with Gasteiger partial charge in [-0.15, -0.1) is 11.3 Å². The molecule has 1 aliphatic heterocycles. The molecule has 0 radical (unpaired) electrons. The molecule has 0 amide bonds. The first kappa shape index (κ1) is 16.4. The van der Waals surface area contributed by atoms with Crippen LogP contribution in [0.15, 0.2) is 83.8 Å². The Bertz CT molecular complexity index is 1170. The molecule has 3 nitrogen and oxygen atoms in total. The molecule has 130 valence electrons. The number of hydrogen-bond donors (Lipinski definition) is 0. The number of para-hydroxylation sites is 1. The van der Waals surface area contributed by atoms with Crippen molar-refractivity contribution in [2.45, 2.75) is 9.64 Å². The minimum atomic E-state index is -1.37. The van der Waals surface area contributed by atoms with E-state index in [1.54, 1.807) is 18.2 Å². The van der Waals surface area contributed by atoms with Gasteiger partial charge in [-0.3, -0.25) is 9.59 Å². The van der Waals surface area contributed by atoms with E-state index in [9.17, 15) is 9.59 Å². The number of benzene rings is 3. The topological polar surface area (TPSA) is 47.0 Å². The molecule has 2 heterocycles. The maximum absolute atomic E-state index is 13.7. The molecule has 0 spiro atoms. The number of nitrogens with zero attached hydrogens (tertiary/aromatic N) is 1. The lowest BCUT2D eigenvalue weighted by Crippen LogP contribution is -2.37. The first-order valence-corrected chi connectivity index (χ1v) is 10.1. The van der Waals surface area contributed by atoms with Crippen LogP contribution < -0.4 is 0 Å². The second-order valence-corrected chi connectivity index (χ2v) is 8.58. The molecule has 27 heavy (non-hydrogen) atoms. The highest BCUT2D eigenvalue weighted by Gasteiger charge is 2.56. The summed E-state index contributed by atoms with van der Waals surface area (Å²) in [5.41, 5.74) is 1.92. The van der Waals surface area contributed by atoms with Crippen LogP contribution in [0, 0.1) is 0 Å². The average Bonchev–Trinajstić information content (AvgIpc) is 3.28. The third-order valence-electron chi connectivity index (χ3n) is 4.67. The van der Waals surface area contributed by atoms with Gasteiger partial charge in [0.2, 0.25) is 0 Å². The van der Waals surface area contributed by atoms with Crippen molar-refractivity contribution in [1.82, 2.24) is 4.98 Å². The van der Waals surface area contributed by atoms with Gasteiger partial charge in [0.1, 0.15) is 5.01 Å². The first-order chi connectivity index (χ1) is 13.2. The quantitative estimate of drug-likeness (QED) is 0.351. The standard InChI is InChI=1S/C22H13NO2S2/c24-19(14-8-2-1-3-9-14)22(20(25)15-10-4-6-12-17(15)27-22)21-23-16-11-5-7-13-18(16)26-21/h1-13H/t22-/m0/s1. The van der Waals surface area contributed by atoms with Crippen molar-refractivity contribution in [3.8, 4) is 0 Å². The Kier molecular flexibility index (Phi) is 3.74. The van der Waals surface area contributed by atoms with Crippen LogP contribution >= 0.6 is 23.1 Å². The molecule has 0 N–H and O–H groups in total. The predicted molar refractivity (Wildman–Crippen MR) is 109 cm³/mol. The third-order valence-corrected chi connectivity index (χ3v) is 7.40. The average molecular weight is 387 g/mol. The Hall–Kier alpha value is -2.76. The summed E-state index contributed by atoms with van der Waals surface area (Å²) in [6.45, 7) is 0. The number of Topliss-reactive ketones (excluding diaryl/α,β-unsaturated/α-hetero) is 2. The van der Waals surface area contributed by atoms with Gasteiger partial charge in [0, 0.05) is 16.0 Å². The summed E-state index contributed by atoms with van der Waals surface area (Å²) in [6.07, 6.45) is 0. The highest BCUT2D eigenvalue weighted by atomic mass is 32.2. The molecule has 0 aliphatic carbocycles. The molecule has 1 atom stereocenters. The first-order valence-electron chi connectivity index (χ1n) is 8.49. The van der Waals surface area contributed by atoms with E-state index in [0.29, 0.717) is 16.1 Å². The largest absolute Gasteiger partial charge is 0.292 e. The lowest BCUT2D eigenvalue weighted by Gasteiger charge is -2.22. The van der Waals surface area contributed by atoms with Crippen molar-refractivity contribution in [2.75, 3.05) is 0 Å². The van der Waals surface area contributed by atoms with Crippen LogP contribution in [0.5, 0.6) is 0 Å². The summed E-state index contributed by atoms with van der Waals surface area (Å²) >= 11 is 2.73. The van der Waals surface area contributed by atoms with Crippen LogP contribution in [0.4, 0.5) is 0 Å². The van der Waals surface area contributed by atoms with Crippen molar-refractivity contribution in [3.05, 3.63) is 95.0 Å². The Morgan fingerprint density at radius 3 is 2.33 bits per heavy atom. The van der Waals surface area contributed by atoms with E-state index in [1.807, 2.05) is 60.7 Å². The van der Waals surface area contributed by atoms with Gasteiger partial charge < -0.3 is 0 Å². The van der Waals surface area contributed by atoms with Gasteiger partial charge in [-0.05, 0) is 18.2 Å². The summed E-state index contributed by atoms with van der Waals surface area (Å²) in [5.74, 6) is -0.399. The molecule has 5 rings (SSSR count). The number of thiazole rings is 1. The maximum atomic E-state index is 13.7. The van der Waals surface area contributed by atoms with Crippen molar-refractivity contribution in [1.29, 1.82) is 0 Å². The van der Waals surface area contributed by atoms with Crippen molar-refractivity contribution in [2.24, 2.45) is 0 Å². The zero-order valence-corrected chi connectivity index (χ0v) is 15.7. The van der Waals surface area contributed by atoms with E-state index < -0.39 is 4.75 Å². The molecule has 0 unspecified atom stereocenters. The van der Waals surface area contributed by atoms with Crippen LogP contribution in [-0.4, -0.2) is 16.6 Å². The summed E-state index contributed by atoms with van der Waals surface area (Å²) in [6, 6.07) is 24.1. The van der Waals surface area contributed by atoms with Gasteiger partial charge >= 0.3 is 0 Å². The monoisotopic (exact) mass is 387 g/mol. The number of ketones is 2. The summed E-state index contributed by atoms with van der Waals surface area (Å²) in [4.78, 5) is 32.7. The van der Waals surface area contributed by atoms with Gasteiger partial charge in [0.15, 0.2) is 16.3 Å². The van der Waals surface area contributed by atoms with E-state index in [4.69, 9.17) is 4.98 Å². The Morgan fingerprint density at radius 1 is 0.852 bits per heavy atom. The Balaban J connectivity index is 1.76. The van der Waals surface area contributed by atoms with Gasteiger partial charge in [-0.1, -0.05) is 72.4 Å². The smallest absolute Gasteiger partial charge is 0.198 e.